The number of rotatable bonds is 8. The molecule has 1 amide bonds. The van der Waals surface area contributed by atoms with Crippen molar-refractivity contribution in [2.75, 3.05) is 23.3 Å². The maximum absolute atomic E-state index is 12.0. The molecule has 1 aromatic carbocycles. The number of anilines is 3. The van der Waals surface area contributed by atoms with E-state index >= 15 is 0 Å². The minimum Gasteiger partial charge on any atom is -0.365 e. The summed E-state index contributed by atoms with van der Waals surface area (Å²) >= 11 is 0. The number of carbonyl (C=O) groups excluding carboxylic acids is 1. The van der Waals surface area contributed by atoms with Gasteiger partial charge < -0.3 is 26.7 Å². The van der Waals surface area contributed by atoms with Gasteiger partial charge in [0.15, 0.2) is 5.82 Å². The average molecular weight is 379 g/mol. The number of hydrogen-bond acceptors (Lipinski definition) is 6. The predicted molar refractivity (Wildman–Crippen MR) is 111 cm³/mol. The van der Waals surface area contributed by atoms with Crippen LogP contribution in [0.15, 0.2) is 36.7 Å². The summed E-state index contributed by atoms with van der Waals surface area (Å²) in [7, 11) is 0. The van der Waals surface area contributed by atoms with Crippen molar-refractivity contribution in [2.45, 2.75) is 25.8 Å². The zero-order chi connectivity index (χ0) is 19.7. The summed E-state index contributed by atoms with van der Waals surface area (Å²) in [5.41, 5.74) is 13.7. The topological polar surface area (TPSA) is 126 Å². The highest BCUT2D eigenvalue weighted by atomic mass is 16.1. The number of nitrogens with one attached hydrogen (secondary N) is 2. The van der Waals surface area contributed by atoms with Crippen LogP contribution in [0, 0.1) is 5.92 Å². The SMILES string of the molecule is CCN(c1nc(NCCC2C[C@H]2N)ncc1C(N)=O)c1cccc2[nH]ccc12. The normalized spacial score (nSPS) is 18.2. The summed E-state index contributed by atoms with van der Waals surface area (Å²) in [6.07, 6.45) is 5.46. The maximum Gasteiger partial charge on any atom is 0.254 e. The van der Waals surface area contributed by atoms with Crippen LogP contribution in [0.5, 0.6) is 0 Å². The van der Waals surface area contributed by atoms with Crippen molar-refractivity contribution >= 4 is 34.3 Å². The number of fused-ring (bicyclic) bond motifs is 1. The van der Waals surface area contributed by atoms with Gasteiger partial charge >= 0.3 is 0 Å². The first-order valence-corrected chi connectivity index (χ1v) is 9.58. The van der Waals surface area contributed by atoms with Crippen molar-refractivity contribution in [3.05, 3.63) is 42.2 Å². The van der Waals surface area contributed by atoms with Gasteiger partial charge in [-0.25, -0.2) is 4.98 Å². The Morgan fingerprint density at radius 2 is 2.21 bits per heavy atom. The highest BCUT2D eigenvalue weighted by molar-refractivity contribution is 6.01. The van der Waals surface area contributed by atoms with E-state index < -0.39 is 5.91 Å². The minimum atomic E-state index is -0.551. The second-order valence-corrected chi connectivity index (χ2v) is 7.13. The second kappa shape index (κ2) is 7.47. The number of amides is 1. The molecule has 1 aliphatic carbocycles. The Morgan fingerprint density at radius 3 is 2.93 bits per heavy atom. The number of hydrogen-bond donors (Lipinski definition) is 4. The van der Waals surface area contributed by atoms with Gasteiger partial charge in [-0.2, -0.15) is 4.98 Å². The standard InChI is InChI=1S/C20H25N7O/c1-2-27(17-5-3-4-16-13(17)7-9-23-16)19-14(18(22)28)11-25-20(26-19)24-8-6-12-10-15(12)21/h3-5,7,9,11-12,15,23H,2,6,8,10,21H2,1H3,(H2,22,28)(H,24,25,26)/t12?,15-/m1/s1. The third kappa shape index (κ3) is 3.50. The molecule has 1 unspecified atom stereocenters. The molecule has 0 spiro atoms. The van der Waals surface area contributed by atoms with E-state index in [4.69, 9.17) is 11.5 Å². The van der Waals surface area contributed by atoms with Gasteiger partial charge in [0, 0.05) is 42.4 Å². The van der Waals surface area contributed by atoms with Crippen LogP contribution in [0.3, 0.4) is 0 Å². The van der Waals surface area contributed by atoms with E-state index in [1.54, 1.807) is 0 Å². The Bertz CT molecular complexity index is 999. The lowest BCUT2D eigenvalue weighted by molar-refractivity contribution is 0.1000. The van der Waals surface area contributed by atoms with Crippen molar-refractivity contribution in [3.63, 3.8) is 0 Å². The first-order chi connectivity index (χ1) is 13.6. The third-order valence-electron chi connectivity index (χ3n) is 5.24. The lowest BCUT2D eigenvalue weighted by Gasteiger charge is -2.25. The first kappa shape index (κ1) is 18.2. The number of aromatic amines is 1. The van der Waals surface area contributed by atoms with Crippen LogP contribution in [0.1, 0.15) is 30.1 Å². The molecule has 6 N–H and O–H groups in total. The fourth-order valence-corrected chi connectivity index (χ4v) is 3.55. The summed E-state index contributed by atoms with van der Waals surface area (Å²) < 4.78 is 0. The van der Waals surface area contributed by atoms with Crippen molar-refractivity contribution < 1.29 is 4.79 Å². The van der Waals surface area contributed by atoms with Crippen LogP contribution in [-0.4, -0.2) is 40.0 Å². The summed E-state index contributed by atoms with van der Waals surface area (Å²) in [6, 6.07) is 8.33. The van der Waals surface area contributed by atoms with Gasteiger partial charge in [-0.1, -0.05) is 6.07 Å². The molecule has 2 aromatic heterocycles. The van der Waals surface area contributed by atoms with E-state index in [2.05, 4.69) is 20.3 Å². The molecule has 28 heavy (non-hydrogen) atoms. The third-order valence-corrected chi connectivity index (χ3v) is 5.24. The van der Waals surface area contributed by atoms with Crippen LogP contribution in [0.25, 0.3) is 10.9 Å². The predicted octanol–water partition coefficient (Wildman–Crippen LogP) is 2.36. The molecule has 8 heteroatoms. The van der Waals surface area contributed by atoms with Gasteiger partial charge in [-0.3, -0.25) is 4.79 Å². The summed E-state index contributed by atoms with van der Waals surface area (Å²) in [5.74, 6) is 1.01. The molecule has 2 atom stereocenters. The quantitative estimate of drug-likeness (QED) is 0.476. The number of nitrogens with two attached hydrogens (primary N) is 2. The molecule has 2 heterocycles. The molecular weight excluding hydrogens is 354 g/mol. The van der Waals surface area contributed by atoms with Crippen molar-refractivity contribution in [2.24, 2.45) is 17.4 Å². The van der Waals surface area contributed by atoms with Crippen molar-refractivity contribution in [1.29, 1.82) is 0 Å². The number of carbonyl (C=O) groups is 1. The Balaban J connectivity index is 1.67. The Morgan fingerprint density at radius 1 is 1.39 bits per heavy atom. The largest absolute Gasteiger partial charge is 0.365 e. The fraction of sp³-hybridized carbons (Fsp3) is 0.350. The van der Waals surface area contributed by atoms with Gasteiger partial charge in [0.2, 0.25) is 5.95 Å². The molecule has 0 aliphatic heterocycles. The molecule has 4 rings (SSSR count). The van der Waals surface area contributed by atoms with E-state index in [1.807, 2.05) is 42.3 Å². The van der Waals surface area contributed by atoms with Gasteiger partial charge in [-0.05, 0) is 43.9 Å². The molecule has 1 aliphatic rings. The summed E-state index contributed by atoms with van der Waals surface area (Å²) in [4.78, 5) is 26.1. The molecule has 3 aromatic rings. The number of benzene rings is 1. The Labute approximate surface area is 163 Å². The number of aromatic nitrogens is 3. The average Bonchev–Trinajstić information content (AvgIpc) is 3.17. The van der Waals surface area contributed by atoms with Crippen molar-refractivity contribution in [1.82, 2.24) is 15.0 Å². The fourth-order valence-electron chi connectivity index (χ4n) is 3.55. The smallest absolute Gasteiger partial charge is 0.254 e. The van der Waals surface area contributed by atoms with E-state index in [1.165, 1.54) is 6.20 Å². The van der Waals surface area contributed by atoms with Gasteiger partial charge in [0.1, 0.15) is 5.56 Å². The highest BCUT2D eigenvalue weighted by Crippen LogP contribution is 2.33. The Kier molecular flexibility index (Phi) is 4.87. The summed E-state index contributed by atoms with van der Waals surface area (Å²) in [6.45, 7) is 3.38. The van der Waals surface area contributed by atoms with Gasteiger partial charge in [-0.15, -0.1) is 0 Å². The van der Waals surface area contributed by atoms with Crippen LogP contribution < -0.4 is 21.7 Å². The van der Waals surface area contributed by atoms with E-state index in [9.17, 15) is 4.79 Å². The molecule has 0 saturated heterocycles. The van der Waals surface area contributed by atoms with E-state index in [-0.39, 0.29) is 0 Å². The molecule has 146 valence electrons. The molecule has 1 fully saturated rings. The number of nitrogens with zero attached hydrogens (tertiary/aromatic N) is 3. The van der Waals surface area contributed by atoms with Gasteiger partial charge in [0.05, 0.1) is 5.69 Å². The van der Waals surface area contributed by atoms with Crippen LogP contribution in [-0.2, 0) is 0 Å². The van der Waals surface area contributed by atoms with E-state index in [0.717, 1.165) is 36.0 Å². The number of H-pyrrole nitrogens is 1. The van der Waals surface area contributed by atoms with E-state index in [0.29, 0.717) is 35.8 Å². The lowest BCUT2D eigenvalue weighted by Crippen LogP contribution is -2.24. The monoisotopic (exact) mass is 379 g/mol. The molecular formula is C20H25N7O. The maximum atomic E-state index is 12.0. The minimum absolute atomic E-state index is 0.296. The van der Waals surface area contributed by atoms with Crippen LogP contribution >= 0.6 is 0 Å². The Hall–Kier alpha value is -3.13. The lowest BCUT2D eigenvalue weighted by atomic mass is 10.1. The molecule has 0 radical (unpaired) electrons. The van der Waals surface area contributed by atoms with Crippen LogP contribution in [0.2, 0.25) is 0 Å². The first-order valence-electron chi connectivity index (χ1n) is 9.58. The van der Waals surface area contributed by atoms with Crippen molar-refractivity contribution in [3.8, 4) is 0 Å². The zero-order valence-electron chi connectivity index (χ0n) is 15.9. The molecule has 0 bridgehead atoms. The number of primary amides is 1. The molecule has 1 saturated carbocycles. The molecule has 8 nitrogen and oxygen atoms in total. The van der Waals surface area contributed by atoms with Crippen LogP contribution in [0.4, 0.5) is 17.5 Å². The zero-order valence-corrected chi connectivity index (χ0v) is 15.9. The summed E-state index contributed by atoms with van der Waals surface area (Å²) in [5, 5.41) is 4.29. The van der Waals surface area contributed by atoms with Gasteiger partial charge in [0.25, 0.3) is 5.91 Å². The highest BCUT2D eigenvalue weighted by Gasteiger charge is 2.32. The second-order valence-electron chi connectivity index (χ2n) is 7.13.